The Labute approximate surface area is 222 Å². The van der Waals surface area contributed by atoms with Gasteiger partial charge >= 0.3 is 0 Å². The molecule has 0 spiro atoms. The average Bonchev–Trinajstić information content (AvgIpc) is 2.92. The summed E-state index contributed by atoms with van der Waals surface area (Å²) in [4.78, 5) is 31.2. The zero-order valence-corrected chi connectivity index (χ0v) is 21.4. The molecule has 1 fully saturated rings. The number of morpholine rings is 1. The molecule has 0 aromatic heterocycles. The number of hydrogen-bond acceptors (Lipinski definition) is 4. The van der Waals surface area contributed by atoms with E-state index in [1.54, 1.807) is 41.3 Å². The fourth-order valence-corrected chi connectivity index (χ4v) is 4.48. The van der Waals surface area contributed by atoms with Gasteiger partial charge in [0.25, 0.3) is 0 Å². The lowest BCUT2D eigenvalue weighted by Crippen LogP contribution is -2.46. The molecule has 0 bridgehead atoms. The Kier molecular flexibility index (Phi) is 9.65. The Hall–Kier alpha value is -3.26. The first kappa shape index (κ1) is 26.8. The van der Waals surface area contributed by atoms with Gasteiger partial charge in [-0.15, -0.1) is 0 Å². The quantitative estimate of drug-likeness (QED) is 0.432. The molecule has 8 heteroatoms. The van der Waals surface area contributed by atoms with Gasteiger partial charge < -0.3 is 15.0 Å². The van der Waals surface area contributed by atoms with Gasteiger partial charge in [0.2, 0.25) is 11.8 Å². The van der Waals surface area contributed by atoms with Crippen LogP contribution in [0.5, 0.6) is 0 Å². The van der Waals surface area contributed by atoms with Crippen LogP contribution >= 0.6 is 11.6 Å². The van der Waals surface area contributed by atoms with Gasteiger partial charge in [-0.3, -0.25) is 14.5 Å². The van der Waals surface area contributed by atoms with Crippen LogP contribution in [-0.2, 0) is 27.3 Å². The topological polar surface area (TPSA) is 61.9 Å². The van der Waals surface area contributed by atoms with Crippen molar-refractivity contribution < 1.29 is 18.7 Å². The van der Waals surface area contributed by atoms with Crippen molar-refractivity contribution in [3.8, 4) is 0 Å². The zero-order chi connectivity index (χ0) is 26.0. The highest BCUT2D eigenvalue weighted by atomic mass is 35.5. The SMILES string of the molecule is O=C(NCCN1CCOCC1)C(c1ccccc1)N(Cc1ccc(F)cc1)C(=O)Cc1ccc(Cl)cc1. The van der Waals surface area contributed by atoms with Crippen molar-refractivity contribution in [1.29, 1.82) is 0 Å². The summed E-state index contributed by atoms with van der Waals surface area (Å²) < 4.78 is 19.0. The fraction of sp³-hybridized carbons (Fsp3) is 0.310. The lowest BCUT2D eigenvalue weighted by Gasteiger charge is -2.32. The molecule has 2 amide bonds. The van der Waals surface area contributed by atoms with E-state index in [1.807, 2.05) is 30.3 Å². The minimum absolute atomic E-state index is 0.1000. The van der Waals surface area contributed by atoms with Crippen LogP contribution in [0, 0.1) is 5.82 Å². The maximum Gasteiger partial charge on any atom is 0.247 e. The molecule has 0 radical (unpaired) electrons. The lowest BCUT2D eigenvalue weighted by molar-refractivity contribution is -0.141. The summed E-state index contributed by atoms with van der Waals surface area (Å²) in [6.45, 7) is 4.34. The van der Waals surface area contributed by atoms with Crippen LogP contribution in [-0.4, -0.2) is 61.0 Å². The van der Waals surface area contributed by atoms with Crippen molar-refractivity contribution in [3.05, 3.63) is 106 Å². The van der Waals surface area contributed by atoms with Crippen LogP contribution in [0.3, 0.4) is 0 Å². The van der Waals surface area contributed by atoms with Crippen LogP contribution in [0.2, 0.25) is 5.02 Å². The molecular weight excluding hydrogens is 493 g/mol. The van der Waals surface area contributed by atoms with Gasteiger partial charge in [0.15, 0.2) is 0 Å². The number of amides is 2. The number of benzene rings is 3. The monoisotopic (exact) mass is 523 g/mol. The summed E-state index contributed by atoms with van der Waals surface area (Å²) in [5.74, 6) is -0.835. The molecule has 4 rings (SSSR count). The number of nitrogens with one attached hydrogen (secondary N) is 1. The van der Waals surface area contributed by atoms with E-state index in [0.717, 1.165) is 24.2 Å². The van der Waals surface area contributed by atoms with Crippen molar-refractivity contribution in [2.24, 2.45) is 0 Å². The molecule has 1 aliphatic heterocycles. The Morgan fingerprint density at radius 3 is 2.27 bits per heavy atom. The van der Waals surface area contributed by atoms with Crippen molar-refractivity contribution in [2.75, 3.05) is 39.4 Å². The number of carbonyl (C=O) groups is 2. The molecule has 1 heterocycles. The summed E-state index contributed by atoms with van der Waals surface area (Å²) in [6, 6.07) is 21.5. The molecule has 1 saturated heterocycles. The highest BCUT2D eigenvalue weighted by molar-refractivity contribution is 6.30. The summed E-state index contributed by atoms with van der Waals surface area (Å²) in [6.07, 6.45) is 0.1000. The van der Waals surface area contributed by atoms with E-state index in [-0.39, 0.29) is 30.6 Å². The van der Waals surface area contributed by atoms with E-state index >= 15 is 0 Å². The molecule has 3 aromatic carbocycles. The zero-order valence-electron chi connectivity index (χ0n) is 20.6. The number of hydrogen-bond donors (Lipinski definition) is 1. The third kappa shape index (κ3) is 7.86. The second-order valence-electron chi connectivity index (χ2n) is 9.01. The third-order valence-corrected chi connectivity index (χ3v) is 6.61. The molecule has 1 aliphatic rings. The number of nitrogens with zero attached hydrogens (tertiary/aromatic N) is 2. The average molecular weight is 524 g/mol. The number of carbonyl (C=O) groups excluding carboxylic acids is 2. The van der Waals surface area contributed by atoms with Gasteiger partial charge in [-0.1, -0.05) is 66.2 Å². The maximum absolute atomic E-state index is 13.7. The smallest absolute Gasteiger partial charge is 0.247 e. The van der Waals surface area contributed by atoms with E-state index in [1.165, 1.54) is 12.1 Å². The molecule has 6 nitrogen and oxygen atoms in total. The van der Waals surface area contributed by atoms with Crippen LogP contribution < -0.4 is 5.32 Å². The minimum atomic E-state index is -0.851. The summed E-state index contributed by atoms with van der Waals surface area (Å²) in [5.41, 5.74) is 2.23. The predicted octanol–water partition coefficient (Wildman–Crippen LogP) is 4.24. The van der Waals surface area contributed by atoms with Crippen molar-refractivity contribution >= 4 is 23.4 Å². The molecule has 37 heavy (non-hydrogen) atoms. The van der Waals surface area contributed by atoms with Gasteiger partial charge in [-0.25, -0.2) is 4.39 Å². The molecule has 3 aromatic rings. The summed E-state index contributed by atoms with van der Waals surface area (Å²) in [5, 5.41) is 3.62. The molecule has 1 N–H and O–H groups in total. The number of rotatable bonds is 10. The molecule has 1 atom stereocenters. The maximum atomic E-state index is 13.7. The van der Waals surface area contributed by atoms with E-state index in [0.29, 0.717) is 36.9 Å². The summed E-state index contributed by atoms with van der Waals surface area (Å²) in [7, 11) is 0. The van der Waals surface area contributed by atoms with Gasteiger partial charge in [0.1, 0.15) is 11.9 Å². The van der Waals surface area contributed by atoms with Gasteiger partial charge in [0, 0.05) is 37.7 Å². The van der Waals surface area contributed by atoms with Gasteiger partial charge in [-0.2, -0.15) is 0 Å². The van der Waals surface area contributed by atoms with Crippen LogP contribution in [0.1, 0.15) is 22.7 Å². The van der Waals surface area contributed by atoms with Crippen molar-refractivity contribution in [3.63, 3.8) is 0 Å². The van der Waals surface area contributed by atoms with Gasteiger partial charge in [0.05, 0.1) is 19.6 Å². The van der Waals surface area contributed by atoms with Crippen LogP contribution in [0.4, 0.5) is 4.39 Å². The molecule has 0 aliphatic carbocycles. The standard InChI is InChI=1S/C29H31ClFN3O3/c30-25-10-6-22(7-11-25)20-27(35)34(21-23-8-12-26(31)13-9-23)28(24-4-2-1-3-5-24)29(36)32-14-15-33-16-18-37-19-17-33/h1-13,28H,14-21H2,(H,32,36). The predicted molar refractivity (Wildman–Crippen MR) is 142 cm³/mol. The number of ether oxygens (including phenoxy) is 1. The van der Waals surface area contributed by atoms with E-state index in [2.05, 4.69) is 10.2 Å². The second kappa shape index (κ2) is 13.3. The van der Waals surface area contributed by atoms with E-state index in [9.17, 15) is 14.0 Å². The summed E-state index contributed by atoms with van der Waals surface area (Å²) >= 11 is 6.02. The molecule has 1 unspecified atom stereocenters. The molecule has 194 valence electrons. The van der Waals surface area contributed by atoms with Crippen molar-refractivity contribution in [2.45, 2.75) is 19.0 Å². The normalized spacial score (nSPS) is 14.6. The lowest BCUT2D eigenvalue weighted by atomic mass is 10.0. The fourth-order valence-electron chi connectivity index (χ4n) is 4.36. The first-order valence-corrected chi connectivity index (χ1v) is 12.8. The molecular formula is C29H31ClFN3O3. The highest BCUT2D eigenvalue weighted by Gasteiger charge is 2.31. The largest absolute Gasteiger partial charge is 0.379 e. The third-order valence-electron chi connectivity index (χ3n) is 6.36. The van der Waals surface area contributed by atoms with Gasteiger partial charge in [-0.05, 0) is 41.0 Å². The molecule has 0 saturated carbocycles. The Bertz CT molecular complexity index is 1150. The first-order chi connectivity index (χ1) is 18.0. The van der Waals surface area contributed by atoms with Crippen LogP contribution in [0.25, 0.3) is 0 Å². The Balaban J connectivity index is 1.59. The Morgan fingerprint density at radius 1 is 0.946 bits per heavy atom. The Morgan fingerprint density at radius 2 is 1.59 bits per heavy atom. The highest BCUT2D eigenvalue weighted by Crippen LogP contribution is 2.25. The van der Waals surface area contributed by atoms with Crippen LogP contribution in [0.15, 0.2) is 78.9 Å². The second-order valence-corrected chi connectivity index (χ2v) is 9.45. The number of halogens is 2. The van der Waals surface area contributed by atoms with Crippen molar-refractivity contribution in [1.82, 2.24) is 15.1 Å². The van der Waals surface area contributed by atoms with E-state index in [4.69, 9.17) is 16.3 Å². The van der Waals surface area contributed by atoms with E-state index < -0.39 is 6.04 Å². The first-order valence-electron chi connectivity index (χ1n) is 12.4. The minimum Gasteiger partial charge on any atom is -0.379 e.